The molecule has 1 atom stereocenters. The quantitative estimate of drug-likeness (QED) is 0.670. The first-order valence-electron chi connectivity index (χ1n) is 5.09. The summed E-state index contributed by atoms with van der Waals surface area (Å²) in [7, 11) is -3.35. The first-order chi connectivity index (χ1) is 6.89. The van der Waals surface area contributed by atoms with Gasteiger partial charge < -0.3 is 9.47 Å². The highest BCUT2D eigenvalue weighted by Gasteiger charge is 2.39. The van der Waals surface area contributed by atoms with Crippen LogP contribution in [0.15, 0.2) is 0 Å². The first-order valence-corrected chi connectivity index (χ1v) is 6.56. The second-order valence-electron chi connectivity index (χ2n) is 4.43. The van der Waals surface area contributed by atoms with Crippen LogP contribution >= 0.6 is 0 Å². The van der Waals surface area contributed by atoms with Gasteiger partial charge in [-0.1, -0.05) is 0 Å². The lowest BCUT2D eigenvalue weighted by atomic mass is 10.4. The molecule has 2 fully saturated rings. The molecule has 0 aromatic heterocycles. The highest BCUT2D eigenvalue weighted by Crippen LogP contribution is 2.30. The standard InChI is InChI=1S/C9H16O5S/c1-9(2)12-5-7(14-9)6-13-15(10,11)8-3-4-8/h7-8H,3-6H2,1-2H3/t7-/m1/s1. The number of hydrogen-bond donors (Lipinski definition) is 0. The van der Waals surface area contributed by atoms with Crippen molar-refractivity contribution in [1.29, 1.82) is 0 Å². The Labute approximate surface area is 89.8 Å². The van der Waals surface area contributed by atoms with E-state index < -0.39 is 15.9 Å². The van der Waals surface area contributed by atoms with Gasteiger partial charge in [-0.15, -0.1) is 0 Å². The molecule has 1 aliphatic heterocycles. The van der Waals surface area contributed by atoms with Crippen LogP contribution in [-0.4, -0.2) is 38.8 Å². The largest absolute Gasteiger partial charge is 0.348 e. The molecular formula is C9H16O5S. The van der Waals surface area contributed by atoms with Crippen molar-refractivity contribution in [2.75, 3.05) is 13.2 Å². The van der Waals surface area contributed by atoms with E-state index >= 15 is 0 Å². The third-order valence-electron chi connectivity index (χ3n) is 2.42. The van der Waals surface area contributed by atoms with Gasteiger partial charge in [-0.25, -0.2) is 0 Å². The molecule has 1 aliphatic carbocycles. The van der Waals surface area contributed by atoms with Crippen molar-refractivity contribution in [3.63, 3.8) is 0 Å². The summed E-state index contributed by atoms with van der Waals surface area (Å²) in [6, 6.07) is 0. The maximum atomic E-state index is 11.4. The van der Waals surface area contributed by atoms with E-state index in [0.29, 0.717) is 6.61 Å². The first kappa shape index (κ1) is 11.3. The van der Waals surface area contributed by atoms with E-state index in [4.69, 9.17) is 13.7 Å². The Morgan fingerprint density at radius 3 is 2.53 bits per heavy atom. The van der Waals surface area contributed by atoms with E-state index in [1.807, 2.05) is 0 Å². The normalized spacial score (nSPS) is 30.7. The minimum atomic E-state index is -3.35. The Morgan fingerprint density at radius 2 is 2.07 bits per heavy atom. The average molecular weight is 236 g/mol. The smallest absolute Gasteiger partial charge is 0.270 e. The van der Waals surface area contributed by atoms with Crippen molar-refractivity contribution < 1.29 is 22.1 Å². The van der Waals surface area contributed by atoms with Gasteiger partial charge in [0.15, 0.2) is 5.79 Å². The molecule has 1 saturated carbocycles. The second kappa shape index (κ2) is 3.69. The van der Waals surface area contributed by atoms with E-state index in [2.05, 4.69) is 0 Å². The molecule has 0 unspecified atom stereocenters. The van der Waals surface area contributed by atoms with Gasteiger partial charge in [0.05, 0.1) is 18.5 Å². The van der Waals surface area contributed by atoms with Gasteiger partial charge in [0.2, 0.25) is 0 Å². The highest BCUT2D eigenvalue weighted by molar-refractivity contribution is 7.87. The molecule has 15 heavy (non-hydrogen) atoms. The molecule has 0 aromatic rings. The number of ether oxygens (including phenoxy) is 2. The topological polar surface area (TPSA) is 61.8 Å². The van der Waals surface area contributed by atoms with Gasteiger partial charge >= 0.3 is 0 Å². The Morgan fingerprint density at radius 1 is 1.40 bits per heavy atom. The molecule has 5 nitrogen and oxygen atoms in total. The zero-order chi connectivity index (χ0) is 11.1. The molecule has 2 aliphatic rings. The van der Waals surface area contributed by atoms with Crippen molar-refractivity contribution in [2.45, 2.75) is 43.8 Å². The summed E-state index contributed by atoms with van der Waals surface area (Å²) in [4.78, 5) is 0. The third-order valence-corrected chi connectivity index (χ3v) is 4.17. The SMILES string of the molecule is CC1(C)OC[C@H](COS(=O)(=O)C2CC2)O1. The molecule has 1 heterocycles. The van der Waals surface area contributed by atoms with Crippen molar-refractivity contribution in [2.24, 2.45) is 0 Å². The minimum absolute atomic E-state index is 0.0578. The number of hydrogen-bond acceptors (Lipinski definition) is 5. The molecular weight excluding hydrogens is 220 g/mol. The zero-order valence-electron chi connectivity index (χ0n) is 8.93. The molecule has 88 valence electrons. The monoisotopic (exact) mass is 236 g/mol. The Kier molecular flexibility index (Phi) is 2.79. The summed E-state index contributed by atoms with van der Waals surface area (Å²) >= 11 is 0. The van der Waals surface area contributed by atoms with Crippen molar-refractivity contribution >= 4 is 10.1 Å². The fraction of sp³-hybridized carbons (Fsp3) is 1.00. The summed E-state index contributed by atoms with van der Waals surface area (Å²) in [6.45, 7) is 4.03. The van der Waals surface area contributed by atoms with Crippen LogP contribution in [0.3, 0.4) is 0 Å². The van der Waals surface area contributed by atoms with E-state index in [1.54, 1.807) is 13.8 Å². The molecule has 0 N–H and O–H groups in total. The van der Waals surface area contributed by atoms with Crippen molar-refractivity contribution in [3.8, 4) is 0 Å². The summed E-state index contributed by atoms with van der Waals surface area (Å²) in [5.41, 5.74) is 0. The second-order valence-corrected chi connectivity index (χ2v) is 6.32. The predicted molar refractivity (Wildman–Crippen MR) is 52.8 cm³/mol. The maximum Gasteiger partial charge on any atom is 0.270 e. The van der Waals surface area contributed by atoms with Crippen LogP contribution in [0.1, 0.15) is 26.7 Å². The predicted octanol–water partition coefficient (Wildman–Crippen LogP) is 0.647. The molecule has 6 heteroatoms. The van der Waals surface area contributed by atoms with E-state index in [-0.39, 0.29) is 18.0 Å². The van der Waals surface area contributed by atoms with Crippen molar-refractivity contribution in [1.82, 2.24) is 0 Å². The molecule has 2 rings (SSSR count). The fourth-order valence-corrected chi connectivity index (χ4v) is 2.72. The van der Waals surface area contributed by atoms with Gasteiger partial charge in [0.1, 0.15) is 6.10 Å². The van der Waals surface area contributed by atoms with Crippen LogP contribution in [0, 0.1) is 0 Å². The van der Waals surface area contributed by atoms with Crippen LogP contribution in [-0.2, 0) is 23.8 Å². The van der Waals surface area contributed by atoms with Gasteiger partial charge in [-0.3, -0.25) is 4.18 Å². The fourth-order valence-electron chi connectivity index (χ4n) is 1.47. The number of rotatable bonds is 4. The molecule has 0 bridgehead atoms. The molecule has 0 amide bonds. The minimum Gasteiger partial charge on any atom is -0.348 e. The van der Waals surface area contributed by atoms with Crippen LogP contribution in [0.25, 0.3) is 0 Å². The Hall–Kier alpha value is -0.170. The molecule has 0 spiro atoms. The van der Waals surface area contributed by atoms with E-state index in [9.17, 15) is 8.42 Å². The van der Waals surface area contributed by atoms with Crippen molar-refractivity contribution in [3.05, 3.63) is 0 Å². The highest BCUT2D eigenvalue weighted by atomic mass is 32.2. The van der Waals surface area contributed by atoms with Crippen LogP contribution in [0.4, 0.5) is 0 Å². The van der Waals surface area contributed by atoms with Crippen LogP contribution in [0.2, 0.25) is 0 Å². The lowest BCUT2D eigenvalue weighted by Crippen LogP contribution is -2.26. The Bertz CT molecular complexity index is 330. The van der Waals surface area contributed by atoms with E-state index in [0.717, 1.165) is 12.8 Å². The lowest BCUT2D eigenvalue weighted by Gasteiger charge is -2.16. The molecule has 1 saturated heterocycles. The molecule has 0 aromatic carbocycles. The summed E-state index contributed by atoms with van der Waals surface area (Å²) in [5, 5.41) is -0.284. The average Bonchev–Trinajstić information content (AvgIpc) is 2.89. The van der Waals surface area contributed by atoms with Crippen LogP contribution in [0.5, 0.6) is 0 Å². The van der Waals surface area contributed by atoms with Gasteiger partial charge in [0.25, 0.3) is 10.1 Å². The van der Waals surface area contributed by atoms with E-state index in [1.165, 1.54) is 0 Å². The summed E-state index contributed by atoms with van der Waals surface area (Å²) < 4.78 is 38.4. The van der Waals surface area contributed by atoms with Gasteiger partial charge in [0, 0.05) is 0 Å². The summed E-state index contributed by atoms with van der Waals surface area (Å²) in [6.07, 6.45) is 1.15. The lowest BCUT2D eigenvalue weighted by molar-refractivity contribution is -0.141. The summed E-state index contributed by atoms with van der Waals surface area (Å²) in [5.74, 6) is -0.628. The molecule has 0 radical (unpaired) electrons. The Balaban J connectivity index is 1.79. The van der Waals surface area contributed by atoms with Gasteiger partial charge in [-0.05, 0) is 26.7 Å². The maximum absolute atomic E-state index is 11.4. The van der Waals surface area contributed by atoms with Gasteiger partial charge in [-0.2, -0.15) is 8.42 Å². The zero-order valence-corrected chi connectivity index (χ0v) is 9.75. The van der Waals surface area contributed by atoms with Crippen LogP contribution < -0.4 is 0 Å². The third kappa shape index (κ3) is 2.90.